The number of rotatable bonds is 8. The van der Waals surface area contributed by atoms with Crippen LogP contribution in [0.15, 0.2) is 12.5 Å². The second-order valence-electron chi connectivity index (χ2n) is 4.18. The standard InChI is InChI=1S/C12H21N3O2/c1-3-5-14(9-12(16)17)8-11-7-13-10-15(11)6-4-2/h7,10H,3-6,8-9H2,1-2H3,(H,16,17). The molecule has 0 fully saturated rings. The minimum Gasteiger partial charge on any atom is -0.480 e. The average Bonchev–Trinajstić information content (AvgIpc) is 2.66. The van der Waals surface area contributed by atoms with E-state index in [1.54, 1.807) is 0 Å². The molecular weight excluding hydrogens is 218 g/mol. The second-order valence-corrected chi connectivity index (χ2v) is 4.18. The predicted molar refractivity (Wildman–Crippen MR) is 65.7 cm³/mol. The summed E-state index contributed by atoms with van der Waals surface area (Å²) in [6, 6.07) is 0. The first-order valence-corrected chi connectivity index (χ1v) is 6.10. The Morgan fingerprint density at radius 2 is 2.24 bits per heavy atom. The van der Waals surface area contributed by atoms with Gasteiger partial charge in [-0.25, -0.2) is 4.98 Å². The van der Waals surface area contributed by atoms with Crippen molar-refractivity contribution in [2.75, 3.05) is 13.1 Å². The topological polar surface area (TPSA) is 58.4 Å². The van der Waals surface area contributed by atoms with Crippen LogP contribution >= 0.6 is 0 Å². The lowest BCUT2D eigenvalue weighted by molar-refractivity contribution is -0.138. The van der Waals surface area contributed by atoms with E-state index in [1.165, 1.54) is 0 Å². The molecule has 0 radical (unpaired) electrons. The Hall–Kier alpha value is -1.36. The largest absolute Gasteiger partial charge is 0.480 e. The molecule has 1 N–H and O–H groups in total. The van der Waals surface area contributed by atoms with Crippen molar-refractivity contribution in [1.29, 1.82) is 0 Å². The van der Waals surface area contributed by atoms with E-state index in [0.29, 0.717) is 6.54 Å². The average molecular weight is 239 g/mol. The van der Waals surface area contributed by atoms with Crippen molar-refractivity contribution in [3.8, 4) is 0 Å². The molecule has 0 saturated carbocycles. The van der Waals surface area contributed by atoms with Gasteiger partial charge in [-0.15, -0.1) is 0 Å². The molecule has 1 heterocycles. The van der Waals surface area contributed by atoms with E-state index in [9.17, 15) is 4.79 Å². The quantitative estimate of drug-likeness (QED) is 0.748. The number of carbonyl (C=O) groups is 1. The van der Waals surface area contributed by atoms with E-state index < -0.39 is 5.97 Å². The Morgan fingerprint density at radius 3 is 2.82 bits per heavy atom. The van der Waals surface area contributed by atoms with Crippen LogP contribution in [0.3, 0.4) is 0 Å². The highest BCUT2D eigenvalue weighted by molar-refractivity contribution is 5.69. The van der Waals surface area contributed by atoms with Gasteiger partial charge in [0.25, 0.3) is 0 Å². The number of aromatic nitrogens is 2. The number of hydrogen-bond donors (Lipinski definition) is 1. The summed E-state index contributed by atoms with van der Waals surface area (Å²) >= 11 is 0. The fourth-order valence-electron chi connectivity index (χ4n) is 1.87. The molecule has 0 amide bonds. The van der Waals surface area contributed by atoms with Gasteiger partial charge in [-0.05, 0) is 19.4 Å². The highest BCUT2D eigenvalue weighted by Crippen LogP contribution is 2.06. The van der Waals surface area contributed by atoms with Crippen molar-refractivity contribution in [3.63, 3.8) is 0 Å². The molecule has 0 aliphatic rings. The summed E-state index contributed by atoms with van der Waals surface area (Å²) in [6.07, 6.45) is 5.63. The lowest BCUT2D eigenvalue weighted by Crippen LogP contribution is -2.30. The van der Waals surface area contributed by atoms with Crippen molar-refractivity contribution < 1.29 is 9.90 Å². The van der Waals surface area contributed by atoms with Crippen LogP contribution < -0.4 is 0 Å². The number of aliphatic carboxylic acids is 1. The fourth-order valence-corrected chi connectivity index (χ4v) is 1.87. The summed E-state index contributed by atoms with van der Waals surface area (Å²) in [5.74, 6) is -0.778. The molecule has 0 saturated heterocycles. The first kappa shape index (κ1) is 13.7. The zero-order valence-electron chi connectivity index (χ0n) is 10.6. The highest BCUT2D eigenvalue weighted by Gasteiger charge is 2.11. The summed E-state index contributed by atoms with van der Waals surface area (Å²) in [6.45, 7) is 6.64. The van der Waals surface area contributed by atoms with Gasteiger partial charge in [0, 0.05) is 19.3 Å². The van der Waals surface area contributed by atoms with Gasteiger partial charge in [0.15, 0.2) is 0 Å². The fraction of sp³-hybridized carbons (Fsp3) is 0.667. The van der Waals surface area contributed by atoms with Crippen LogP contribution in [0.5, 0.6) is 0 Å². The van der Waals surface area contributed by atoms with Crippen LogP contribution in [0.2, 0.25) is 0 Å². The van der Waals surface area contributed by atoms with Crippen molar-refractivity contribution >= 4 is 5.97 Å². The molecule has 1 rings (SSSR count). The van der Waals surface area contributed by atoms with Gasteiger partial charge in [0.1, 0.15) is 0 Å². The first-order valence-electron chi connectivity index (χ1n) is 6.10. The van der Waals surface area contributed by atoms with Crippen LogP contribution in [0.1, 0.15) is 32.4 Å². The molecule has 0 unspecified atom stereocenters. The third-order valence-electron chi connectivity index (χ3n) is 2.55. The molecule has 17 heavy (non-hydrogen) atoms. The van der Waals surface area contributed by atoms with Gasteiger partial charge in [-0.3, -0.25) is 9.69 Å². The SMILES string of the molecule is CCCN(CC(=O)O)Cc1cncn1CCC. The Balaban J connectivity index is 2.64. The number of aryl methyl sites for hydroxylation is 1. The van der Waals surface area contributed by atoms with E-state index in [0.717, 1.165) is 31.6 Å². The van der Waals surface area contributed by atoms with Gasteiger partial charge >= 0.3 is 5.97 Å². The molecule has 0 spiro atoms. The Labute approximate surface area is 102 Å². The van der Waals surface area contributed by atoms with Gasteiger partial charge in [-0.1, -0.05) is 13.8 Å². The third kappa shape index (κ3) is 4.56. The van der Waals surface area contributed by atoms with Gasteiger partial charge in [0.05, 0.1) is 18.6 Å². The summed E-state index contributed by atoms with van der Waals surface area (Å²) in [4.78, 5) is 16.8. The molecule has 5 nitrogen and oxygen atoms in total. The maximum atomic E-state index is 10.8. The van der Waals surface area contributed by atoms with Gasteiger partial charge in [-0.2, -0.15) is 0 Å². The maximum Gasteiger partial charge on any atom is 0.317 e. The molecule has 0 bridgehead atoms. The first-order chi connectivity index (χ1) is 8.17. The molecule has 0 atom stereocenters. The lowest BCUT2D eigenvalue weighted by atomic mass is 10.3. The zero-order valence-corrected chi connectivity index (χ0v) is 10.6. The van der Waals surface area contributed by atoms with Gasteiger partial charge < -0.3 is 9.67 Å². The van der Waals surface area contributed by atoms with E-state index in [1.807, 2.05) is 17.4 Å². The van der Waals surface area contributed by atoms with Crippen LogP contribution in [0, 0.1) is 0 Å². The maximum absolute atomic E-state index is 10.8. The van der Waals surface area contributed by atoms with Crippen molar-refractivity contribution in [1.82, 2.24) is 14.5 Å². The third-order valence-corrected chi connectivity index (χ3v) is 2.55. The molecular formula is C12H21N3O2. The lowest BCUT2D eigenvalue weighted by Gasteiger charge is -2.20. The monoisotopic (exact) mass is 239 g/mol. The van der Waals surface area contributed by atoms with Crippen LogP contribution in [0.25, 0.3) is 0 Å². The summed E-state index contributed by atoms with van der Waals surface area (Å²) in [7, 11) is 0. The smallest absolute Gasteiger partial charge is 0.317 e. The minimum absolute atomic E-state index is 0.0884. The summed E-state index contributed by atoms with van der Waals surface area (Å²) < 4.78 is 2.09. The Kier molecular flexibility index (Phi) is 5.69. The minimum atomic E-state index is -0.778. The van der Waals surface area contributed by atoms with Crippen molar-refractivity contribution in [3.05, 3.63) is 18.2 Å². The number of carboxylic acid groups (broad SMARTS) is 1. The van der Waals surface area contributed by atoms with Crippen molar-refractivity contribution in [2.24, 2.45) is 0 Å². The van der Waals surface area contributed by atoms with Crippen molar-refractivity contribution in [2.45, 2.75) is 39.8 Å². The molecule has 0 aromatic carbocycles. The number of hydrogen-bond acceptors (Lipinski definition) is 3. The molecule has 0 aliphatic carbocycles. The van der Waals surface area contributed by atoms with E-state index in [4.69, 9.17) is 5.11 Å². The van der Waals surface area contributed by atoms with E-state index in [-0.39, 0.29) is 6.54 Å². The van der Waals surface area contributed by atoms with Crippen LogP contribution in [-0.4, -0.2) is 38.6 Å². The van der Waals surface area contributed by atoms with Crippen LogP contribution in [-0.2, 0) is 17.9 Å². The summed E-state index contributed by atoms with van der Waals surface area (Å²) in [5, 5.41) is 8.85. The molecule has 1 aromatic rings. The number of nitrogens with zero attached hydrogens (tertiary/aromatic N) is 3. The second kappa shape index (κ2) is 7.06. The summed E-state index contributed by atoms with van der Waals surface area (Å²) in [5.41, 5.74) is 1.08. The molecule has 0 aliphatic heterocycles. The van der Waals surface area contributed by atoms with Crippen LogP contribution in [0.4, 0.5) is 0 Å². The zero-order chi connectivity index (χ0) is 12.7. The van der Waals surface area contributed by atoms with E-state index in [2.05, 4.69) is 23.4 Å². The highest BCUT2D eigenvalue weighted by atomic mass is 16.4. The molecule has 96 valence electrons. The Morgan fingerprint density at radius 1 is 1.47 bits per heavy atom. The van der Waals surface area contributed by atoms with E-state index >= 15 is 0 Å². The molecule has 5 heteroatoms. The normalized spacial score (nSPS) is 11.0. The predicted octanol–water partition coefficient (Wildman–Crippen LogP) is 1.59. The molecule has 1 aromatic heterocycles. The van der Waals surface area contributed by atoms with Gasteiger partial charge in [0.2, 0.25) is 0 Å². The number of carboxylic acids is 1. The Bertz CT molecular complexity index is 349. The number of imidazole rings is 1.